The molecule has 5 nitrogen and oxygen atoms in total. The second-order valence-corrected chi connectivity index (χ2v) is 6.53. The molecule has 0 bridgehead atoms. The van der Waals surface area contributed by atoms with Gasteiger partial charge >= 0.3 is 0 Å². The van der Waals surface area contributed by atoms with Crippen molar-refractivity contribution in [3.05, 3.63) is 40.0 Å². The van der Waals surface area contributed by atoms with Gasteiger partial charge in [0.15, 0.2) is 5.17 Å². The standard InChI is InChI=1S/C14H14N4OS2/c1-9-8-20-13(15-9)16-14-18(3)12(19)11(21-14)7-10-5-4-6-17(10)2/h4-8H,1-3H3/b11-7+,16-14+. The van der Waals surface area contributed by atoms with Gasteiger partial charge in [-0.25, -0.2) is 4.98 Å². The Balaban J connectivity index is 1.91. The van der Waals surface area contributed by atoms with Gasteiger partial charge in [-0.2, -0.15) is 4.99 Å². The topological polar surface area (TPSA) is 50.5 Å². The first kappa shape index (κ1) is 14.1. The smallest absolute Gasteiger partial charge is 0.266 e. The summed E-state index contributed by atoms with van der Waals surface area (Å²) in [6.07, 6.45) is 3.84. The molecular weight excluding hydrogens is 304 g/mol. The fraction of sp³-hybridized carbons (Fsp3) is 0.214. The minimum absolute atomic E-state index is 0.0340. The number of nitrogens with zero attached hydrogens (tertiary/aromatic N) is 4. The van der Waals surface area contributed by atoms with E-state index in [0.29, 0.717) is 15.2 Å². The van der Waals surface area contributed by atoms with Crippen molar-refractivity contribution in [3.8, 4) is 0 Å². The summed E-state index contributed by atoms with van der Waals surface area (Å²) in [5, 5.41) is 3.28. The lowest BCUT2D eigenvalue weighted by atomic mass is 10.3. The van der Waals surface area contributed by atoms with Gasteiger partial charge in [-0.15, -0.1) is 11.3 Å². The van der Waals surface area contributed by atoms with Crippen LogP contribution in [0.4, 0.5) is 5.13 Å². The molecule has 7 heteroatoms. The number of hydrogen-bond donors (Lipinski definition) is 0. The van der Waals surface area contributed by atoms with Gasteiger partial charge in [-0.3, -0.25) is 9.69 Å². The number of thioether (sulfide) groups is 1. The normalized spacial score (nSPS) is 19.2. The molecule has 3 heterocycles. The van der Waals surface area contributed by atoms with Crippen molar-refractivity contribution >= 4 is 45.4 Å². The molecule has 0 aromatic carbocycles. The monoisotopic (exact) mass is 318 g/mol. The zero-order valence-electron chi connectivity index (χ0n) is 11.9. The molecule has 0 radical (unpaired) electrons. The highest BCUT2D eigenvalue weighted by Gasteiger charge is 2.30. The third-order valence-electron chi connectivity index (χ3n) is 3.06. The highest BCUT2D eigenvalue weighted by molar-refractivity contribution is 8.18. The summed E-state index contributed by atoms with van der Waals surface area (Å²) < 4.78 is 1.97. The Labute approximate surface area is 131 Å². The molecule has 1 aliphatic heterocycles. The number of carbonyl (C=O) groups excluding carboxylic acids is 1. The van der Waals surface area contributed by atoms with Crippen LogP contribution in [0.5, 0.6) is 0 Å². The first-order valence-electron chi connectivity index (χ1n) is 6.34. The summed E-state index contributed by atoms with van der Waals surface area (Å²) in [7, 11) is 3.69. The summed E-state index contributed by atoms with van der Waals surface area (Å²) in [4.78, 5) is 23.3. The van der Waals surface area contributed by atoms with Gasteiger partial charge in [0.05, 0.1) is 10.6 Å². The van der Waals surface area contributed by atoms with Crippen LogP contribution >= 0.6 is 23.1 Å². The van der Waals surface area contributed by atoms with E-state index in [-0.39, 0.29) is 5.91 Å². The Morgan fingerprint density at radius 1 is 1.38 bits per heavy atom. The Hall–Kier alpha value is -1.86. The zero-order valence-corrected chi connectivity index (χ0v) is 13.5. The number of thiazole rings is 1. The van der Waals surface area contributed by atoms with E-state index in [1.807, 2.05) is 48.3 Å². The molecule has 1 aliphatic rings. The molecule has 3 rings (SSSR count). The van der Waals surface area contributed by atoms with Gasteiger partial charge < -0.3 is 4.57 Å². The molecule has 0 N–H and O–H groups in total. The number of amides is 1. The van der Waals surface area contributed by atoms with Crippen LogP contribution in [0.15, 0.2) is 33.6 Å². The van der Waals surface area contributed by atoms with E-state index in [2.05, 4.69) is 9.98 Å². The van der Waals surface area contributed by atoms with Crippen molar-refractivity contribution in [2.75, 3.05) is 7.05 Å². The number of aliphatic imine (C=N–C) groups is 1. The third kappa shape index (κ3) is 2.79. The maximum atomic E-state index is 12.3. The van der Waals surface area contributed by atoms with Crippen molar-refractivity contribution in [1.82, 2.24) is 14.5 Å². The molecule has 0 saturated carbocycles. The van der Waals surface area contributed by atoms with Crippen molar-refractivity contribution in [2.24, 2.45) is 12.0 Å². The maximum Gasteiger partial charge on any atom is 0.266 e. The lowest BCUT2D eigenvalue weighted by Gasteiger charge is -2.05. The first-order valence-corrected chi connectivity index (χ1v) is 8.04. The second kappa shape index (κ2) is 5.50. The number of likely N-dealkylation sites (N-methyl/N-ethyl adjacent to an activating group) is 1. The van der Waals surface area contributed by atoms with Gasteiger partial charge in [0.1, 0.15) is 0 Å². The lowest BCUT2D eigenvalue weighted by molar-refractivity contribution is -0.121. The molecule has 0 unspecified atom stereocenters. The predicted octanol–water partition coefficient (Wildman–Crippen LogP) is 3.02. The molecule has 108 valence electrons. The Kier molecular flexibility index (Phi) is 3.69. The fourth-order valence-corrected chi connectivity index (χ4v) is 3.56. The van der Waals surface area contributed by atoms with E-state index in [0.717, 1.165) is 11.4 Å². The highest BCUT2D eigenvalue weighted by Crippen LogP contribution is 2.33. The van der Waals surface area contributed by atoms with Crippen molar-refractivity contribution in [1.29, 1.82) is 0 Å². The van der Waals surface area contributed by atoms with Crippen LogP contribution in [0.3, 0.4) is 0 Å². The SMILES string of the molecule is Cc1csc(/N=C2/S/C(=C/c3cccn3C)C(=O)N2C)n1. The number of carbonyl (C=O) groups is 1. The molecule has 1 amide bonds. The van der Waals surface area contributed by atoms with Crippen molar-refractivity contribution in [3.63, 3.8) is 0 Å². The average Bonchev–Trinajstić information content (AvgIpc) is 3.10. The van der Waals surface area contributed by atoms with Crippen LogP contribution in [-0.4, -0.2) is 32.6 Å². The summed E-state index contributed by atoms with van der Waals surface area (Å²) in [6.45, 7) is 1.93. The van der Waals surface area contributed by atoms with Gasteiger partial charge in [-0.05, 0) is 36.9 Å². The van der Waals surface area contributed by atoms with E-state index < -0.39 is 0 Å². The molecule has 1 saturated heterocycles. The largest absolute Gasteiger partial charge is 0.351 e. The number of hydrogen-bond acceptors (Lipinski definition) is 5. The van der Waals surface area contributed by atoms with Crippen LogP contribution in [0, 0.1) is 6.92 Å². The maximum absolute atomic E-state index is 12.3. The van der Waals surface area contributed by atoms with Crippen molar-refractivity contribution < 1.29 is 4.79 Å². The van der Waals surface area contributed by atoms with Crippen LogP contribution in [0.25, 0.3) is 6.08 Å². The van der Waals surface area contributed by atoms with Gasteiger partial charge in [0.2, 0.25) is 5.13 Å². The Morgan fingerprint density at radius 3 is 2.81 bits per heavy atom. The predicted molar refractivity (Wildman–Crippen MR) is 87.7 cm³/mol. The highest BCUT2D eigenvalue weighted by atomic mass is 32.2. The van der Waals surface area contributed by atoms with Crippen molar-refractivity contribution in [2.45, 2.75) is 6.92 Å². The number of amidine groups is 1. The number of rotatable bonds is 2. The molecule has 21 heavy (non-hydrogen) atoms. The molecule has 0 aliphatic carbocycles. The van der Waals surface area contributed by atoms with E-state index >= 15 is 0 Å². The number of aryl methyl sites for hydroxylation is 2. The number of aromatic nitrogens is 2. The van der Waals surface area contributed by atoms with E-state index in [1.165, 1.54) is 23.1 Å². The molecule has 2 aromatic heterocycles. The van der Waals surface area contributed by atoms with Crippen LogP contribution < -0.4 is 0 Å². The minimum Gasteiger partial charge on any atom is -0.351 e. The minimum atomic E-state index is -0.0340. The van der Waals surface area contributed by atoms with Crippen LogP contribution in [0.2, 0.25) is 0 Å². The lowest BCUT2D eigenvalue weighted by Crippen LogP contribution is -2.23. The Bertz CT molecular complexity index is 757. The van der Waals surface area contributed by atoms with Gasteiger partial charge in [-0.1, -0.05) is 0 Å². The first-order chi connectivity index (χ1) is 10.0. The Morgan fingerprint density at radius 2 is 2.19 bits per heavy atom. The van der Waals surface area contributed by atoms with Gasteiger partial charge in [0.25, 0.3) is 5.91 Å². The molecule has 0 atom stereocenters. The second-order valence-electron chi connectivity index (χ2n) is 4.68. The average molecular weight is 318 g/mol. The van der Waals surface area contributed by atoms with E-state index in [4.69, 9.17) is 0 Å². The summed E-state index contributed by atoms with van der Waals surface area (Å²) in [5.74, 6) is -0.0340. The fourth-order valence-electron chi connectivity index (χ4n) is 1.88. The zero-order chi connectivity index (χ0) is 15.0. The summed E-state index contributed by atoms with van der Waals surface area (Å²) in [6, 6.07) is 3.92. The molecule has 0 spiro atoms. The van der Waals surface area contributed by atoms with Gasteiger partial charge in [0, 0.05) is 31.4 Å². The van der Waals surface area contributed by atoms with E-state index in [9.17, 15) is 4.79 Å². The molecular formula is C14H14N4OS2. The van der Waals surface area contributed by atoms with Crippen LogP contribution in [-0.2, 0) is 11.8 Å². The molecule has 1 fully saturated rings. The summed E-state index contributed by atoms with van der Waals surface area (Å²) in [5.41, 5.74) is 1.93. The third-order valence-corrected chi connectivity index (χ3v) is 4.98. The molecule has 2 aromatic rings. The van der Waals surface area contributed by atoms with E-state index in [1.54, 1.807) is 11.9 Å². The quantitative estimate of drug-likeness (QED) is 0.800. The van der Waals surface area contributed by atoms with Crippen LogP contribution in [0.1, 0.15) is 11.4 Å². The summed E-state index contributed by atoms with van der Waals surface area (Å²) >= 11 is 2.85.